The summed E-state index contributed by atoms with van der Waals surface area (Å²) in [6, 6.07) is 3.72. The predicted octanol–water partition coefficient (Wildman–Crippen LogP) is 2.00. The Hall–Kier alpha value is -3.48. The lowest BCUT2D eigenvalue weighted by Crippen LogP contribution is -2.52. The lowest BCUT2D eigenvalue weighted by Gasteiger charge is -2.42. The summed E-state index contributed by atoms with van der Waals surface area (Å²) in [6.07, 6.45) is 3.78. The molecule has 32 heavy (non-hydrogen) atoms. The largest absolute Gasteiger partial charge is 0.466 e. The van der Waals surface area contributed by atoms with Crippen LogP contribution in [-0.2, 0) is 14.3 Å². The number of rotatable bonds is 7. The van der Waals surface area contributed by atoms with Crippen molar-refractivity contribution in [2.24, 2.45) is 5.92 Å². The number of hydrogen-bond acceptors (Lipinski definition) is 8. The molecule has 0 aliphatic carbocycles. The number of aromatic nitrogens is 3. The van der Waals surface area contributed by atoms with Crippen LogP contribution in [0.2, 0.25) is 0 Å². The van der Waals surface area contributed by atoms with Crippen molar-refractivity contribution >= 4 is 34.6 Å². The molecule has 1 aliphatic rings. The first kappa shape index (κ1) is 23.2. The Morgan fingerprint density at radius 2 is 2.06 bits per heavy atom. The van der Waals surface area contributed by atoms with Crippen molar-refractivity contribution in [3.05, 3.63) is 18.6 Å². The van der Waals surface area contributed by atoms with Crippen LogP contribution >= 0.6 is 0 Å². The van der Waals surface area contributed by atoms with Crippen LogP contribution in [0.1, 0.15) is 44.3 Å². The topological polar surface area (TPSA) is 121 Å². The fraction of sp³-hybridized carbons (Fsp3) is 0.545. The second kappa shape index (κ2) is 10.2. The predicted molar refractivity (Wildman–Crippen MR) is 117 cm³/mol. The van der Waals surface area contributed by atoms with Crippen LogP contribution in [0.3, 0.4) is 0 Å². The fourth-order valence-corrected chi connectivity index (χ4v) is 4.10. The van der Waals surface area contributed by atoms with Crippen LogP contribution < -0.4 is 4.90 Å². The molecule has 3 heterocycles. The van der Waals surface area contributed by atoms with Crippen LogP contribution in [0, 0.1) is 17.2 Å². The molecule has 2 aromatic rings. The Morgan fingerprint density at radius 3 is 2.78 bits per heavy atom. The van der Waals surface area contributed by atoms with E-state index in [4.69, 9.17) is 10.00 Å². The molecule has 0 bridgehead atoms. The van der Waals surface area contributed by atoms with Crippen molar-refractivity contribution in [3.8, 4) is 6.07 Å². The number of esters is 1. The Labute approximate surface area is 186 Å². The van der Waals surface area contributed by atoms with E-state index in [1.807, 2.05) is 18.0 Å². The number of hydrogen-bond donors (Lipinski definition) is 0. The number of likely N-dealkylation sites (N-methyl/N-ethyl adjacent to an activating group) is 1. The van der Waals surface area contributed by atoms with Crippen LogP contribution in [0.15, 0.2) is 18.6 Å². The third kappa shape index (κ3) is 4.88. The van der Waals surface area contributed by atoms with Gasteiger partial charge in [0.2, 0.25) is 11.8 Å². The first-order valence-corrected chi connectivity index (χ1v) is 10.8. The van der Waals surface area contributed by atoms with E-state index in [1.54, 1.807) is 24.1 Å². The molecule has 0 unspecified atom stereocenters. The number of anilines is 1. The van der Waals surface area contributed by atoms with Gasteiger partial charge >= 0.3 is 5.97 Å². The van der Waals surface area contributed by atoms with Crippen molar-refractivity contribution in [2.75, 3.05) is 31.6 Å². The Kier molecular flexibility index (Phi) is 7.41. The van der Waals surface area contributed by atoms with Gasteiger partial charge in [-0.25, -0.2) is 9.97 Å². The van der Waals surface area contributed by atoms with Crippen molar-refractivity contribution in [1.29, 1.82) is 5.26 Å². The van der Waals surface area contributed by atoms with Gasteiger partial charge in [0.05, 0.1) is 30.5 Å². The molecular weight excluding hydrogens is 412 g/mol. The Morgan fingerprint density at radius 1 is 1.28 bits per heavy atom. The third-order valence-electron chi connectivity index (χ3n) is 5.91. The van der Waals surface area contributed by atoms with Gasteiger partial charge in [0.15, 0.2) is 5.65 Å². The van der Waals surface area contributed by atoms with Gasteiger partial charge in [-0.3, -0.25) is 19.0 Å². The van der Waals surface area contributed by atoms with Crippen molar-refractivity contribution < 1.29 is 19.1 Å². The Bertz CT molecular complexity index is 1040. The van der Waals surface area contributed by atoms with Crippen LogP contribution in [0.5, 0.6) is 0 Å². The highest BCUT2D eigenvalue weighted by Gasteiger charge is 2.32. The second-order valence-corrected chi connectivity index (χ2v) is 7.94. The maximum atomic E-state index is 12.7. The molecule has 1 fully saturated rings. The van der Waals surface area contributed by atoms with E-state index < -0.39 is 5.97 Å². The lowest BCUT2D eigenvalue weighted by atomic mass is 9.92. The van der Waals surface area contributed by atoms with E-state index in [1.165, 1.54) is 10.9 Å². The number of nitrogens with zero attached hydrogens (tertiary/aromatic N) is 6. The molecule has 10 nitrogen and oxygen atoms in total. The average Bonchev–Trinajstić information content (AvgIpc) is 3.22. The van der Waals surface area contributed by atoms with Crippen LogP contribution in [0.4, 0.5) is 5.82 Å². The van der Waals surface area contributed by atoms with E-state index in [2.05, 4.69) is 16.9 Å². The zero-order chi connectivity index (χ0) is 23.3. The van der Waals surface area contributed by atoms with E-state index in [9.17, 15) is 14.4 Å². The summed E-state index contributed by atoms with van der Waals surface area (Å²) in [5, 5.41) is 9.57. The maximum absolute atomic E-state index is 12.7. The normalized spacial score (nSPS) is 18.2. The van der Waals surface area contributed by atoms with Crippen molar-refractivity contribution in [2.45, 2.75) is 45.6 Å². The second-order valence-electron chi connectivity index (χ2n) is 7.94. The van der Waals surface area contributed by atoms with Gasteiger partial charge in [0.1, 0.15) is 18.6 Å². The highest BCUT2D eigenvalue weighted by Crippen LogP contribution is 2.29. The van der Waals surface area contributed by atoms with Gasteiger partial charge in [-0.1, -0.05) is 6.92 Å². The minimum Gasteiger partial charge on any atom is -0.466 e. The van der Waals surface area contributed by atoms with E-state index >= 15 is 0 Å². The average molecular weight is 441 g/mol. The van der Waals surface area contributed by atoms with Crippen molar-refractivity contribution in [1.82, 2.24) is 19.4 Å². The van der Waals surface area contributed by atoms with Gasteiger partial charge < -0.3 is 14.5 Å². The van der Waals surface area contributed by atoms with Gasteiger partial charge in [0.25, 0.3) is 0 Å². The van der Waals surface area contributed by atoms with Crippen LogP contribution in [-0.4, -0.2) is 70.0 Å². The zero-order valence-electron chi connectivity index (χ0n) is 18.7. The monoisotopic (exact) mass is 440 g/mol. The molecule has 2 aromatic heterocycles. The summed E-state index contributed by atoms with van der Waals surface area (Å²) in [4.78, 5) is 49.0. The number of nitriles is 1. The summed E-state index contributed by atoms with van der Waals surface area (Å²) in [5.74, 6) is 0.153. The molecule has 0 radical (unpaired) electrons. The maximum Gasteiger partial charge on any atom is 0.306 e. The molecule has 0 N–H and O–H groups in total. The zero-order valence-corrected chi connectivity index (χ0v) is 18.7. The molecule has 1 amide bonds. The van der Waals surface area contributed by atoms with Gasteiger partial charge in [-0.05, 0) is 25.3 Å². The first-order valence-electron chi connectivity index (χ1n) is 10.8. The molecule has 1 saturated heterocycles. The van der Waals surface area contributed by atoms with Crippen molar-refractivity contribution in [3.63, 3.8) is 0 Å². The number of likely N-dealkylation sites (tertiary alicyclic amines) is 1. The summed E-state index contributed by atoms with van der Waals surface area (Å²) in [5.41, 5.74) is 0.469. The molecular formula is C22H28N6O4. The highest BCUT2D eigenvalue weighted by atomic mass is 16.5. The highest BCUT2D eigenvalue weighted by molar-refractivity contribution is 5.96. The minimum atomic E-state index is -0.408. The smallest absolute Gasteiger partial charge is 0.306 e. The van der Waals surface area contributed by atoms with E-state index in [0.717, 1.165) is 6.42 Å². The van der Waals surface area contributed by atoms with Gasteiger partial charge in [-0.2, -0.15) is 5.26 Å². The molecule has 3 rings (SSSR count). The van der Waals surface area contributed by atoms with E-state index in [0.29, 0.717) is 35.9 Å². The molecule has 0 spiro atoms. The molecule has 2 atom stereocenters. The molecule has 10 heteroatoms. The minimum absolute atomic E-state index is 0.00681. The summed E-state index contributed by atoms with van der Waals surface area (Å²) < 4.78 is 6.32. The Balaban J connectivity index is 1.81. The molecule has 0 aromatic carbocycles. The SMILES string of the molecule is CCOC(=O)CCC(=O)n1ccc2c(N(C)[C@H]3CN(C(=O)CC#N)CC[C@H]3C)ncnc21. The molecule has 1 aliphatic heterocycles. The molecule has 0 saturated carbocycles. The van der Waals surface area contributed by atoms with Gasteiger partial charge in [0, 0.05) is 32.8 Å². The summed E-state index contributed by atoms with van der Waals surface area (Å²) in [7, 11) is 1.92. The first-order chi connectivity index (χ1) is 15.4. The number of fused-ring (bicyclic) bond motifs is 1. The van der Waals surface area contributed by atoms with Crippen LogP contribution in [0.25, 0.3) is 11.0 Å². The third-order valence-corrected chi connectivity index (χ3v) is 5.91. The number of ether oxygens (including phenoxy) is 1. The molecule has 170 valence electrons. The fourth-order valence-electron chi connectivity index (χ4n) is 4.10. The van der Waals surface area contributed by atoms with Gasteiger partial charge in [-0.15, -0.1) is 0 Å². The summed E-state index contributed by atoms with van der Waals surface area (Å²) >= 11 is 0. The quantitative estimate of drug-likeness (QED) is 0.599. The standard InChI is InChI=1S/C22H28N6O4/c1-4-32-20(31)6-5-19(30)28-12-9-16-21(24-14-25-22(16)28)26(3)17-13-27(11-8-15(17)2)18(29)7-10-23/h9,12,14-15,17H,4-8,11,13H2,1-3H3/t15-,17+/m1/s1. The lowest BCUT2D eigenvalue weighted by molar-refractivity contribution is -0.143. The van der Waals surface area contributed by atoms with E-state index in [-0.39, 0.29) is 43.7 Å². The number of amides is 1. The number of carbonyl (C=O) groups excluding carboxylic acids is 3. The number of carbonyl (C=O) groups is 3. The summed E-state index contributed by atoms with van der Waals surface area (Å²) in [6.45, 7) is 5.27. The number of piperidine rings is 1.